The standard InChI is InChI=1S/C12H15ClFNO2/c1-3-15(7-6-13)12(16)9-4-5-11(17-2)10(14)8-9/h4-5,8H,3,6-7H2,1-2H3. The molecule has 0 saturated carbocycles. The molecule has 0 saturated heterocycles. The van der Waals surface area contributed by atoms with Crippen LogP contribution in [0.1, 0.15) is 17.3 Å². The van der Waals surface area contributed by atoms with Crippen LogP contribution in [0.15, 0.2) is 18.2 Å². The molecule has 0 aliphatic rings. The number of methoxy groups -OCH3 is 1. The Labute approximate surface area is 105 Å². The lowest BCUT2D eigenvalue weighted by Crippen LogP contribution is -2.32. The Morgan fingerprint density at radius 3 is 2.71 bits per heavy atom. The second-order valence-corrected chi connectivity index (χ2v) is 3.80. The van der Waals surface area contributed by atoms with Crippen LogP contribution in [0, 0.1) is 5.82 Å². The molecule has 0 spiro atoms. The maximum atomic E-state index is 13.4. The van der Waals surface area contributed by atoms with Gasteiger partial charge in [-0.25, -0.2) is 4.39 Å². The Morgan fingerprint density at radius 2 is 2.24 bits per heavy atom. The predicted octanol–water partition coefficient (Wildman–Crippen LogP) is 2.54. The Morgan fingerprint density at radius 1 is 1.53 bits per heavy atom. The second kappa shape index (κ2) is 6.45. The van der Waals surface area contributed by atoms with Gasteiger partial charge in [-0.15, -0.1) is 11.6 Å². The minimum Gasteiger partial charge on any atom is -0.494 e. The third-order valence-corrected chi connectivity index (χ3v) is 2.59. The number of nitrogens with zero attached hydrogens (tertiary/aromatic N) is 1. The summed E-state index contributed by atoms with van der Waals surface area (Å²) in [6, 6.07) is 4.16. The lowest BCUT2D eigenvalue weighted by atomic mass is 10.2. The Balaban J connectivity index is 2.92. The monoisotopic (exact) mass is 259 g/mol. The molecule has 0 radical (unpaired) electrons. The summed E-state index contributed by atoms with van der Waals surface area (Å²) >= 11 is 5.60. The maximum absolute atomic E-state index is 13.4. The van der Waals surface area contributed by atoms with Crippen LogP contribution >= 0.6 is 11.6 Å². The molecule has 94 valence electrons. The Bertz CT molecular complexity index is 398. The van der Waals surface area contributed by atoms with E-state index in [0.717, 1.165) is 0 Å². The van der Waals surface area contributed by atoms with Crippen LogP contribution in [-0.2, 0) is 0 Å². The molecule has 0 bridgehead atoms. The van der Waals surface area contributed by atoms with Crippen LogP contribution in [-0.4, -0.2) is 36.9 Å². The van der Waals surface area contributed by atoms with Gasteiger partial charge >= 0.3 is 0 Å². The lowest BCUT2D eigenvalue weighted by molar-refractivity contribution is 0.0773. The molecule has 0 aliphatic carbocycles. The molecule has 0 aliphatic heterocycles. The predicted molar refractivity (Wildman–Crippen MR) is 65.2 cm³/mol. The summed E-state index contributed by atoms with van der Waals surface area (Å²) in [4.78, 5) is 13.5. The average molecular weight is 260 g/mol. The smallest absolute Gasteiger partial charge is 0.253 e. The highest BCUT2D eigenvalue weighted by Gasteiger charge is 2.15. The molecule has 1 aromatic rings. The molecular weight excluding hydrogens is 245 g/mol. The van der Waals surface area contributed by atoms with Crippen molar-refractivity contribution in [3.05, 3.63) is 29.6 Å². The van der Waals surface area contributed by atoms with E-state index in [0.29, 0.717) is 24.5 Å². The largest absolute Gasteiger partial charge is 0.494 e. The number of alkyl halides is 1. The fourth-order valence-corrected chi connectivity index (χ4v) is 1.69. The molecule has 17 heavy (non-hydrogen) atoms. The fourth-order valence-electron chi connectivity index (χ4n) is 1.49. The topological polar surface area (TPSA) is 29.5 Å². The third kappa shape index (κ3) is 3.33. The van der Waals surface area contributed by atoms with E-state index >= 15 is 0 Å². The van der Waals surface area contributed by atoms with Crippen molar-refractivity contribution in [2.75, 3.05) is 26.1 Å². The first kappa shape index (κ1) is 13.8. The van der Waals surface area contributed by atoms with Gasteiger partial charge in [-0.05, 0) is 25.1 Å². The first-order valence-corrected chi connectivity index (χ1v) is 5.86. The number of halogens is 2. The van der Waals surface area contributed by atoms with Crippen LogP contribution < -0.4 is 4.74 Å². The van der Waals surface area contributed by atoms with Crippen LogP contribution in [0.5, 0.6) is 5.75 Å². The number of rotatable bonds is 5. The van der Waals surface area contributed by atoms with Gasteiger partial charge in [-0.1, -0.05) is 0 Å². The van der Waals surface area contributed by atoms with Gasteiger partial charge in [0.2, 0.25) is 0 Å². The molecule has 0 fully saturated rings. The zero-order valence-corrected chi connectivity index (χ0v) is 10.6. The normalized spacial score (nSPS) is 10.1. The molecule has 5 heteroatoms. The van der Waals surface area contributed by atoms with Crippen molar-refractivity contribution >= 4 is 17.5 Å². The number of benzene rings is 1. The zero-order valence-electron chi connectivity index (χ0n) is 9.87. The van der Waals surface area contributed by atoms with E-state index in [-0.39, 0.29) is 11.7 Å². The van der Waals surface area contributed by atoms with Gasteiger partial charge in [-0.3, -0.25) is 4.79 Å². The second-order valence-electron chi connectivity index (χ2n) is 3.42. The highest BCUT2D eigenvalue weighted by atomic mass is 35.5. The number of carbonyl (C=O) groups is 1. The summed E-state index contributed by atoms with van der Waals surface area (Å²) in [5.74, 6) is -0.282. The zero-order chi connectivity index (χ0) is 12.8. The van der Waals surface area contributed by atoms with Crippen molar-refractivity contribution in [3.63, 3.8) is 0 Å². The Hall–Kier alpha value is -1.29. The summed E-state index contributed by atoms with van der Waals surface area (Å²) in [5, 5.41) is 0. The molecule has 1 aromatic carbocycles. The number of hydrogen-bond donors (Lipinski definition) is 0. The summed E-state index contributed by atoms with van der Waals surface area (Å²) in [7, 11) is 1.38. The van der Waals surface area contributed by atoms with Crippen molar-refractivity contribution in [2.24, 2.45) is 0 Å². The van der Waals surface area contributed by atoms with Crippen molar-refractivity contribution < 1.29 is 13.9 Å². The van der Waals surface area contributed by atoms with Crippen LogP contribution in [0.3, 0.4) is 0 Å². The number of hydrogen-bond acceptors (Lipinski definition) is 2. The highest BCUT2D eigenvalue weighted by molar-refractivity contribution is 6.18. The molecule has 0 atom stereocenters. The number of amides is 1. The lowest BCUT2D eigenvalue weighted by Gasteiger charge is -2.19. The quantitative estimate of drug-likeness (QED) is 0.761. The molecule has 0 N–H and O–H groups in total. The first-order chi connectivity index (χ1) is 8.13. The summed E-state index contributed by atoms with van der Waals surface area (Å²) in [5.41, 5.74) is 0.301. The summed E-state index contributed by atoms with van der Waals surface area (Å²) < 4.78 is 18.2. The number of carbonyl (C=O) groups excluding carboxylic acids is 1. The van der Waals surface area contributed by atoms with E-state index < -0.39 is 5.82 Å². The average Bonchev–Trinajstić information content (AvgIpc) is 2.35. The van der Waals surface area contributed by atoms with E-state index in [1.807, 2.05) is 6.92 Å². The number of ether oxygens (including phenoxy) is 1. The minimum absolute atomic E-state index is 0.127. The maximum Gasteiger partial charge on any atom is 0.253 e. The van der Waals surface area contributed by atoms with E-state index in [1.165, 1.54) is 19.2 Å². The van der Waals surface area contributed by atoms with Gasteiger partial charge in [0.25, 0.3) is 5.91 Å². The van der Waals surface area contributed by atoms with Crippen molar-refractivity contribution in [3.8, 4) is 5.75 Å². The Kier molecular flexibility index (Phi) is 5.22. The van der Waals surface area contributed by atoms with E-state index in [2.05, 4.69) is 0 Å². The highest BCUT2D eigenvalue weighted by Crippen LogP contribution is 2.18. The van der Waals surface area contributed by atoms with Gasteiger partial charge < -0.3 is 9.64 Å². The van der Waals surface area contributed by atoms with Crippen molar-refractivity contribution in [1.29, 1.82) is 0 Å². The summed E-state index contributed by atoms with van der Waals surface area (Å²) in [6.07, 6.45) is 0. The van der Waals surface area contributed by atoms with Crippen molar-refractivity contribution in [1.82, 2.24) is 4.90 Å². The molecular formula is C12H15ClFNO2. The van der Waals surface area contributed by atoms with Crippen LogP contribution in [0.2, 0.25) is 0 Å². The van der Waals surface area contributed by atoms with E-state index in [1.54, 1.807) is 11.0 Å². The minimum atomic E-state index is -0.541. The first-order valence-electron chi connectivity index (χ1n) is 5.32. The molecule has 3 nitrogen and oxygen atoms in total. The molecule has 1 amide bonds. The van der Waals surface area contributed by atoms with Crippen LogP contribution in [0.25, 0.3) is 0 Å². The van der Waals surface area contributed by atoms with Crippen LogP contribution in [0.4, 0.5) is 4.39 Å². The summed E-state index contributed by atoms with van der Waals surface area (Å²) in [6.45, 7) is 2.84. The van der Waals surface area contributed by atoms with E-state index in [4.69, 9.17) is 16.3 Å². The third-order valence-electron chi connectivity index (χ3n) is 2.42. The SMILES string of the molecule is CCN(CCCl)C(=O)c1ccc(OC)c(F)c1. The van der Waals surface area contributed by atoms with Gasteiger partial charge in [0.05, 0.1) is 7.11 Å². The molecule has 1 rings (SSSR count). The fraction of sp³-hybridized carbons (Fsp3) is 0.417. The molecule has 0 unspecified atom stereocenters. The van der Waals surface area contributed by atoms with Gasteiger partial charge in [0.15, 0.2) is 11.6 Å². The van der Waals surface area contributed by atoms with Gasteiger partial charge in [-0.2, -0.15) is 0 Å². The van der Waals surface area contributed by atoms with E-state index in [9.17, 15) is 9.18 Å². The molecule has 0 aromatic heterocycles. The van der Waals surface area contributed by atoms with Crippen molar-refractivity contribution in [2.45, 2.75) is 6.92 Å². The van der Waals surface area contributed by atoms with Gasteiger partial charge in [0.1, 0.15) is 0 Å². The molecule has 0 heterocycles. The van der Waals surface area contributed by atoms with Gasteiger partial charge in [0, 0.05) is 24.5 Å².